The Morgan fingerprint density at radius 2 is 1.79 bits per heavy atom. The number of carbonyl (C=O) groups is 1. The van der Waals surface area contributed by atoms with Crippen LogP contribution in [0.5, 0.6) is 0 Å². The topological polar surface area (TPSA) is 64.1 Å². The molecule has 3 rings (SSSR count). The van der Waals surface area contributed by atoms with E-state index in [0.29, 0.717) is 10.9 Å². The van der Waals surface area contributed by atoms with Crippen LogP contribution in [0.25, 0.3) is 0 Å². The number of amides is 1. The van der Waals surface area contributed by atoms with Crippen molar-refractivity contribution in [1.29, 1.82) is 0 Å². The van der Waals surface area contributed by atoms with E-state index in [2.05, 4.69) is 15.5 Å². The molecular weight excluding hydrogens is 423 g/mol. The number of anilines is 1. The van der Waals surface area contributed by atoms with Gasteiger partial charge in [-0.15, -0.1) is 10.2 Å². The SMILES string of the molecule is O=C(COCc1ccccc1)Nc1nnc(SCc2ccccc2C(F)(F)F)s1. The van der Waals surface area contributed by atoms with Gasteiger partial charge in [0.2, 0.25) is 5.13 Å². The quantitative estimate of drug-likeness (QED) is 0.395. The molecule has 0 spiro atoms. The van der Waals surface area contributed by atoms with Crippen LogP contribution in [0.15, 0.2) is 58.9 Å². The molecule has 0 aliphatic rings. The molecule has 0 atom stereocenters. The van der Waals surface area contributed by atoms with Gasteiger partial charge in [0.1, 0.15) is 6.61 Å². The summed E-state index contributed by atoms with van der Waals surface area (Å²) in [6.45, 7) is 0.167. The summed E-state index contributed by atoms with van der Waals surface area (Å²) in [5.41, 5.74) is 0.454. The van der Waals surface area contributed by atoms with Crippen LogP contribution in [0, 0.1) is 0 Å². The van der Waals surface area contributed by atoms with E-state index in [1.165, 1.54) is 12.1 Å². The molecule has 0 fully saturated rings. The zero-order valence-corrected chi connectivity index (χ0v) is 16.6. The average molecular weight is 439 g/mol. The van der Waals surface area contributed by atoms with Crippen molar-refractivity contribution in [2.45, 2.75) is 22.9 Å². The van der Waals surface area contributed by atoms with E-state index in [4.69, 9.17) is 4.74 Å². The molecule has 10 heteroatoms. The molecule has 1 heterocycles. The summed E-state index contributed by atoms with van der Waals surface area (Å²) in [5, 5.41) is 10.6. The highest BCUT2D eigenvalue weighted by molar-refractivity contribution is 8.00. The van der Waals surface area contributed by atoms with Crippen LogP contribution >= 0.6 is 23.1 Å². The minimum Gasteiger partial charge on any atom is -0.367 e. The van der Waals surface area contributed by atoms with Crippen molar-refractivity contribution in [3.05, 3.63) is 71.3 Å². The molecule has 0 aliphatic heterocycles. The van der Waals surface area contributed by atoms with E-state index in [-0.39, 0.29) is 29.0 Å². The van der Waals surface area contributed by atoms with Crippen LogP contribution < -0.4 is 5.32 Å². The summed E-state index contributed by atoms with van der Waals surface area (Å²) in [5.74, 6) is -0.283. The normalized spacial score (nSPS) is 11.4. The third-order valence-corrected chi connectivity index (χ3v) is 5.69. The zero-order chi connectivity index (χ0) is 20.7. The number of ether oxygens (including phenoxy) is 1. The van der Waals surface area contributed by atoms with Crippen molar-refractivity contribution >= 4 is 34.1 Å². The number of rotatable bonds is 8. The van der Waals surface area contributed by atoms with Crippen molar-refractivity contribution in [2.75, 3.05) is 11.9 Å². The number of nitrogens with zero attached hydrogens (tertiary/aromatic N) is 2. The number of hydrogen-bond donors (Lipinski definition) is 1. The van der Waals surface area contributed by atoms with Gasteiger partial charge in [-0.3, -0.25) is 10.1 Å². The Labute approximate surface area is 173 Å². The number of benzene rings is 2. The smallest absolute Gasteiger partial charge is 0.367 e. The molecule has 152 valence electrons. The van der Waals surface area contributed by atoms with Gasteiger partial charge in [0.25, 0.3) is 5.91 Å². The van der Waals surface area contributed by atoms with Gasteiger partial charge in [0.15, 0.2) is 4.34 Å². The Kier molecular flexibility index (Phi) is 7.24. The molecule has 1 N–H and O–H groups in total. The van der Waals surface area contributed by atoms with E-state index in [0.717, 1.165) is 34.7 Å². The largest absolute Gasteiger partial charge is 0.416 e. The van der Waals surface area contributed by atoms with Gasteiger partial charge in [-0.2, -0.15) is 13.2 Å². The second-order valence-electron chi connectivity index (χ2n) is 5.84. The van der Waals surface area contributed by atoms with Crippen LogP contribution in [0.3, 0.4) is 0 Å². The molecular formula is C19H16F3N3O2S2. The zero-order valence-electron chi connectivity index (χ0n) is 15.0. The lowest BCUT2D eigenvalue weighted by atomic mass is 10.1. The predicted molar refractivity (Wildman–Crippen MR) is 106 cm³/mol. The Bertz CT molecular complexity index is 949. The van der Waals surface area contributed by atoms with Crippen LogP contribution in [0.1, 0.15) is 16.7 Å². The number of alkyl halides is 3. The fourth-order valence-corrected chi connectivity index (χ4v) is 4.14. The minimum absolute atomic E-state index is 0.0957. The lowest BCUT2D eigenvalue weighted by Crippen LogP contribution is -2.18. The van der Waals surface area contributed by atoms with Crippen LogP contribution in [-0.2, 0) is 28.1 Å². The first-order valence-electron chi connectivity index (χ1n) is 8.45. The van der Waals surface area contributed by atoms with Gasteiger partial charge in [-0.1, -0.05) is 71.6 Å². The first-order valence-corrected chi connectivity index (χ1v) is 10.2. The molecule has 1 aromatic heterocycles. The minimum atomic E-state index is -4.41. The lowest BCUT2D eigenvalue weighted by molar-refractivity contribution is -0.138. The fraction of sp³-hybridized carbons (Fsp3) is 0.211. The molecule has 5 nitrogen and oxygen atoms in total. The lowest BCUT2D eigenvalue weighted by Gasteiger charge is -2.11. The van der Waals surface area contributed by atoms with Gasteiger partial charge in [0.05, 0.1) is 12.2 Å². The first-order chi connectivity index (χ1) is 13.9. The Morgan fingerprint density at radius 1 is 1.07 bits per heavy atom. The Hall–Kier alpha value is -2.43. The summed E-state index contributed by atoms with van der Waals surface area (Å²) in [6, 6.07) is 14.8. The highest BCUT2D eigenvalue weighted by Crippen LogP contribution is 2.35. The first kappa shape index (κ1) is 21.3. The molecule has 0 radical (unpaired) electrons. The molecule has 0 saturated heterocycles. The van der Waals surface area contributed by atoms with E-state index in [1.807, 2.05) is 30.3 Å². The van der Waals surface area contributed by atoms with Crippen molar-refractivity contribution in [3.63, 3.8) is 0 Å². The summed E-state index contributed by atoms with van der Waals surface area (Å²) in [6.07, 6.45) is -4.41. The predicted octanol–water partition coefficient (Wildman–Crippen LogP) is 5.00. The molecule has 29 heavy (non-hydrogen) atoms. The summed E-state index contributed by atoms with van der Waals surface area (Å²) < 4.78 is 44.9. The van der Waals surface area contributed by atoms with Gasteiger partial charge >= 0.3 is 6.18 Å². The van der Waals surface area contributed by atoms with Crippen molar-refractivity contribution in [2.24, 2.45) is 0 Å². The molecule has 3 aromatic rings. The molecule has 0 bridgehead atoms. The van der Waals surface area contributed by atoms with Crippen molar-refractivity contribution < 1.29 is 22.7 Å². The van der Waals surface area contributed by atoms with E-state index >= 15 is 0 Å². The number of hydrogen-bond acceptors (Lipinski definition) is 6. The average Bonchev–Trinajstić information content (AvgIpc) is 3.14. The third kappa shape index (κ3) is 6.55. The maximum absolute atomic E-state index is 13.0. The molecule has 0 unspecified atom stereocenters. The fourth-order valence-electron chi connectivity index (χ4n) is 2.37. The van der Waals surface area contributed by atoms with Gasteiger partial charge < -0.3 is 4.74 Å². The van der Waals surface area contributed by atoms with Gasteiger partial charge in [0, 0.05) is 5.75 Å². The van der Waals surface area contributed by atoms with E-state index in [9.17, 15) is 18.0 Å². The summed E-state index contributed by atoms with van der Waals surface area (Å²) in [7, 11) is 0. The van der Waals surface area contributed by atoms with Gasteiger partial charge in [-0.05, 0) is 17.2 Å². The maximum atomic E-state index is 13.0. The van der Waals surface area contributed by atoms with Crippen LogP contribution in [0.2, 0.25) is 0 Å². The summed E-state index contributed by atoms with van der Waals surface area (Å²) in [4.78, 5) is 11.9. The molecule has 2 aromatic carbocycles. The number of thioether (sulfide) groups is 1. The Balaban J connectivity index is 1.48. The number of halogens is 3. The monoisotopic (exact) mass is 439 g/mol. The highest BCUT2D eigenvalue weighted by atomic mass is 32.2. The van der Waals surface area contributed by atoms with Crippen molar-refractivity contribution in [3.8, 4) is 0 Å². The van der Waals surface area contributed by atoms with E-state index in [1.54, 1.807) is 6.07 Å². The maximum Gasteiger partial charge on any atom is 0.416 e. The van der Waals surface area contributed by atoms with Gasteiger partial charge in [-0.25, -0.2) is 0 Å². The van der Waals surface area contributed by atoms with Crippen molar-refractivity contribution in [1.82, 2.24) is 10.2 Å². The summed E-state index contributed by atoms with van der Waals surface area (Å²) >= 11 is 2.22. The molecule has 0 saturated carbocycles. The number of nitrogens with one attached hydrogen (secondary N) is 1. The van der Waals surface area contributed by atoms with E-state index < -0.39 is 11.7 Å². The Morgan fingerprint density at radius 3 is 2.55 bits per heavy atom. The molecule has 1 amide bonds. The third-order valence-electron chi connectivity index (χ3n) is 3.67. The number of carbonyl (C=O) groups excluding carboxylic acids is 1. The van der Waals surface area contributed by atoms with Crippen LogP contribution in [0.4, 0.5) is 18.3 Å². The van der Waals surface area contributed by atoms with Crippen LogP contribution in [-0.4, -0.2) is 22.7 Å². The highest BCUT2D eigenvalue weighted by Gasteiger charge is 2.32. The molecule has 0 aliphatic carbocycles. The second-order valence-corrected chi connectivity index (χ2v) is 8.04. The standard InChI is InChI=1S/C19H16F3N3O2S2/c20-19(21,22)15-9-5-4-8-14(15)12-28-18-25-24-17(29-18)23-16(26)11-27-10-13-6-2-1-3-7-13/h1-9H,10-12H2,(H,23,24,26). The second kappa shape index (κ2) is 9.86. The number of aromatic nitrogens is 2.